The average molecular weight is 562 g/mol. The zero-order chi connectivity index (χ0) is 27.6. The van der Waals surface area contributed by atoms with E-state index in [1.807, 2.05) is 7.05 Å². The van der Waals surface area contributed by atoms with Gasteiger partial charge in [-0.05, 0) is 77.4 Å². The summed E-state index contributed by atoms with van der Waals surface area (Å²) < 4.78 is 18.8. The predicted octanol–water partition coefficient (Wildman–Crippen LogP) is 4.30. The summed E-state index contributed by atoms with van der Waals surface area (Å²) in [5.74, 6) is 2.17. The van der Waals surface area contributed by atoms with Gasteiger partial charge in [-0.15, -0.1) is 11.3 Å². The lowest BCUT2D eigenvalue weighted by molar-refractivity contribution is 0.111. The highest BCUT2D eigenvalue weighted by Crippen LogP contribution is 2.55. The Bertz CT molecular complexity index is 1510. The Morgan fingerprint density at radius 3 is 2.75 bits per heavy atom. The highest BCUT2D eigenvalue weighted by Gasteiger charge is 2.49. The number of ether oxygens (including phenoxy) is 2. The molecule has 210 valence electrons. The second-order valence-electron chi connectivity index (χ2n) is 11.7. The molecular formula is C29H35N7O3S. The molecule has 2 aliphatic carbocycles. The molecule has 0 radical (unpaired) electrons. The topological polar surface area (TPSA) is 127 Å². The van der Waals surface area contributed by atoms with Crippen molar-refractivity contribution in [3.63, 3.8) is 0 Å². The number of anilines is 2. The number of rotatable bonds is 4. The Morgan fingerprint density at radius 1 is 1.15 bits per heavy atom. The van der Waals surface area contributed by atoms with Crippen LogP contribution >= 0.6 is 11.3 Å². The monoisotopic (exact) mass is 561 g/mol. The van der Waals surface area contributed by atoms with E-state index < -0.39 is 5.41 Å². The number of nitriles is 1. The zero-order valence-corrected chi connectivity index (χ0v) is 24.1. The van der Waals surface area contributed by atoms with E-state index in [2.05, 4.69) is 35.0 Å². The Hall–Kier alpha value is -3.36. The third-order valence-electron chi connectivity index (χ3n) is 9.36. The minimum atomic E-state index is -0.392. The molecule has 3 aromatic rings. The fraction of sp³-hybridized carbons (Fsp3) is 0.586. The van der Waals surface area contributed by atoms with Gasteiger partial charge >= 0.3 is 6.01 Å². The molecule has 4 aliphatic rings. The van der Waals surface area contributed by atoms with Gasteiger partial charge in [-0.1, -0.05) is 5.16 Å². The van der Waals surface area contributed by atoms with Gasteiger partial charge in [0, 0.05) is 23.5 Å². The number of thiophene rings is 1. The van der Waals surface area contributed by atoms with Crippen LogP contribution in [0.1, 0.15) is 72.8 Å². The van der Waals surface area contributed by atoms with E-state index in [0.29, 0.717) is 52.2 Å². The third-order valence-corrected chi connectivity index (χ3v) is 10.4. The van der Waals surface area contributed by atoms with Gasteiger partial charge in [0.15, 0.2) is 17.3 Å². The number of likely N-dealkylation sites (tertiary alicyclic amines) is 1. The molecule has 5 heterocycles. The van der Waals surface area contributed by atoms with E-state index >= 15 is 0 Å². The van der Waals surface area contributed by atoms with Crippen LogP contribution in [0.5, 0.6) is 11.8 Å². The minimum Gasteiger partial charge on any atom is -0.486 e. The smallest absolute Gasteiger partial charge is 0.319 e. The number of nitrogen functional groups attached to an aromatic ring is 1. The molecule has 1 saturated heterocycles. The third kappa shape index (κ3) is 3.79. The van der Waals surface area contributed by atoms with Crippen LogP contribution in [0, 0.1) is 11.3 Å². The van der Waals surface area contributed by atoms with E-state index in [1.54, 1.807) is 11.3 Å². The lowest BCUT2D eigenvalue weighted by Gasteiger charge is -2.39. The number of hydrogen-bond acceptors (Lipinski definition) is 11. The van der Waals surface area contributed by atoms with Gasteiger partial charge in [0.2, 0.25) is 0 Å². The largest absolute Gasteiger partial charge is 0.486 e. The first-order chi connectivity index (χ1) is 19.4. The molecule has 7 rings (SSSR count). The summed E-state index contributed by atoms with van der Waals surface area (Å²) in [4.78, 5) is 15.4. The molecule has 0 saturated carbocycles. The molecule has 1 spiro atoms. The number of nitrogens with zero attached hydrogens (tertiary/aromatic N) is 6. The highest BCUT2D eigenvalue weighted by atomic mass is 32.1. The fourth-order valence-corrected chi connectivity index (χ4v) is 8.58. The van der Waals surface area contributed by atoms with Gasteiger partial charge in [0.05, 0.1) is 17.5 Å². The summed E-state index contributed by atoms with van der Waals surface area (Å²) in [5.41, 5.74) is 9.95. The Morgan fingerprint density at radius 2 is 1.98 bits per heavy atom. The van der Waals surface area contributed by atoms with Crippen molar-refractivity contribution in [2.75, 3.05) is 44.4 Å². The minimum absolute atomic E-state index is 0.0585. The lowest BCUT2D eigenvalue weighted by atomic mass is 9.63. The van der Waals surface area contributed by atoms with Gasteiger partial charge in [-0.25, -0.2) is 0 Å². The van der Waals surface area contributed by atoms with E-state index in [1.165, 1.54) is 11.3 Å². The first kappa shape index (κ1) is 25.6. The Balaban J connectivity index is 1.35. The summed E-state index contributed by atoms with van der Waals surface area (Å²) >= 11 is 1.55. The van der Waals surface area contributed by atoms with E-state index in [-0.39, 0.29) is 6.10 Å². The molecule has 3 atom stereocenters. The summed E-state index contributed by atoms with van der Waals surface area (Å²) in [5, 5.41) is 15.3. The van der Waals surface area contributed by atoms with Crippen LogP contribution in [0.2, 0.25) is 0 Å². The van der Waals surface area contributed by atoms with Crippen LogP contribution in [0.15, 0.2) is 4.52 Å². The molecule has 2 aliphatic heterocycles. The second kappa shape index (κ2) is 9.63. The molecule has 10 nitrogen and oxygen atoms in total. The second-order valence-corrected chi connectivity index (χ2v) is 12.8. The van der Waals surface area contributed by atoms with Crippen LogP contribution in [-0.2, 0) is 18.3 Å². The molecule has 11 heteroatoms. The van der Waals surface area contributed by atoms with Gasteiger partial charge < -0.3 is 24.6 Å². The standard InChI is InChI=1S/C29H35N7O3S/c1-16(19-8-6-12-35(19)2)38-28-32-23(24-27(33-28)36(3)13-14-37-24)22-17-7-4-10-29(25(17)39-34-22)11-5-9-20-21(29)18(15-30)26(31)40-20/h16,19H,4-14,31H2,1-3H3/t16-,19-,29-/m0/s1. The van der Waals surface area contributed by atoms with Crippen LogP contribution in [-0.4, -0.2) is 66.0 Å². The van der Waals surface area contributed by atoms with Crippen molar-refractivity contribution in [3.05, 3.63) is 27.3 Å². The maximum absolute atomic E-state index is 10.0. The Kier molecular flexibility index (Phi) is 6.16. The maximum atomic E-state index is 10.0. The number of fused-ring (bicyclic) bond motifs is 5. The highest BCUT2D eigenvalue weighted by molar-refractivity contribution is 7.16. The lowest BCUT2D eigenvalue weighted by Crippen LogP contribution is -2.38. The van der Waals surface area contributed by atoms with E-state index in [4.69, 9.17) is 29.7 Å². The van der Waals surface area contributed by atoms with Crippen LogP contribution in [0.3, 0.4) is 0 Å². The molecule has 0 aromatic carbocycles. The van der Waals surface area contributed by atoms with Crippen molar-refractivity contribution >= 4 is 22.2 Å². The van der Waals surface area contributed by atoms with E-state index in [0.717, 1.165) is 74.9 Å². The molecule has 0 bridgehead atoms. The maximum Gasteiger partial charge on any atom is 0.319 e. The number of hydrogen-bond donors (Lipinski definition) is 1. The molecular weight excluding hydrogens is 526 g/mol. The van der Waals surface area contributed by atoms with Crippen LogP contribution < -0.4 is 20.1 Å². The van der Waals surface area contributed by atoms with Crippen molar-refractivity contribution in [3.8, 4) is 29.2 Å². The summed E-state index contributed by atoms with van der Waals surface area (Å²) in [6.45, 7) is 4.43. The molecule has 0 amide bonds. The van der Waals surface area contributed by atoms with Crippen molar-refractivity contribution in [1.29, 1.82) is 5.26 Å². The fourth-order valence-electron chi connectivity index (χ4n) is 7.42. The summed E-state index contributed by atoms with van der Waals surface area (Å²) in [6.07, 6.45) is 7.77. The molecule has 3 aromatic heterocycles. The molecule has 0 unspecified atom stereocenters. The van der Waals surface area contributed by atoms with Crippen molar-refractivity contribution in [1.82, 2.24) is 20.0 Å². The number of likely N-dealkylation sites (N-methyl/N-ethyl adjacent to an activating group) is 2. The number of aromatic nitrogens is 3. The van der Waals surface area contributed by atoms with Crippen molar-refractivity contribution in [2.24, 2.45) is 0 Å². The predicted molar refractivity (Wildman–Crippen MR) is 152 cm³/mol. The van der Waals surface area contributed by atoms with Crippen LogP contribution in [0.4, 0.5) is 10.8 Å². The normalized spacial score (nSPS) is 24.6. The van der Waals surface area contributed by atoms with Crippen LogP contribution in [0.25, 0.3) is 11.4 Å². The summed E-state index contributed by atoms with van der Waals surface area (Å²) in [6, 6.07) is 3.05. The molecule has 1 fully saturated rings. The molecule has 2 N–H and O–H groups in total. The molecule has 40 heavy (non-hydrogen) atoms. The quantitative estimate of drug-likeness (QED) is 0.493. The van der Waals surface area contributed by atoms with Gasteiger partial charge in [-0.2, -0.15) is 15.2 Å². The SMILES string of the molecule is C[C@H](Oc1nc(-c2noc3c2CCC[C@@]32CCCc3sc(N)c(C#N)c32)c2c(n1)N(C)CCO2)[C@@H]1CCCN1C. The zero-order valence-electron chi connectivity index (χ0n) is 23.3. The van der Waals surface area contributed by atoms with Gasteiger partial charge in [0.1, 0.15) is 35.2 Å². The average Bonchev–Trinajstić information content (AvgIpc) is 3.66. The van der Waals surface area contributed by atoms with Crippen molar-refractivity contribution in [2.45, 2.75) is 75.9 Å². The van der Waals surface area contributed by atoms with E-state index in [9.17, 15) is 5.26 Å². The summed E-state index contributed by atoms with van der Waals surface area (Å²) in [7, 11) is 4.16. The van der Waals surface area contributed by atoms with Gasteiger partial charge in [0.25, 0.3) is 0 Å². The van der Waals surface area contributed by atoms with Gasteiger partial charge in [-0.3, -0.25) is 4.90 Å². The van der Waals surface area contributed by atoms with Crippen molar-refractivity contribution < 1.29 is 14.0 Å². The number of nitrogens with two attached hydrogens (primary N) is 1. The number of aryl methyl sites for hydroxylation is 1. The first-order valence-electron chi connectivity index (χ1n) is 14.3. The first-order valence-corrected chi connectivity index (χ1v) is 15.2. The Labute approximate surface area is 238 Å².